The second-order valence-electron chi connectivity index (χ2n) is 5.90. The van der Waals surface area contributed by atoms with Crippen molar-refractivity contribution in [1.82, 2.24) is 4.90 Å². The standard InChI is InChI=1S/C19H22F2N2O3/c1-13-6-4-5-7-15(13)22-18(24)12-23(2)11-14-8-9-16(26-19(20)21)17(10-14)25-3/h4-10,19H,11-12H2,1-3H3,(H,22,24). The van der Waals surface area contributed by atoms with Gasteiger partial charge in [0.1, 0.15) is 0 Å². The maximum Gasteiger partial charge on any atom is 0.387 e. The number of aryl methyl sites for hydroxylation is 1. The number of para-hydroxylation sites is 1. The first kappa shape index (κ1) is 19.7. The van der Waals surface area contributed by atoms with Gasteiger partial charge in [-0.1, -0.05) is 24.3 Å². The third kappa shape index (κ3) is 5.70. The first-order valence-electron chi connectivity index (χ1n) is 8.04. The predicted molar refractivity (Wildman–Crippen MR) is 95.8 cm³/mol. The Labute approximate surface area is 151 Å². The van der Waals surface area contributed by atoms with E-state index >= 15 is 0 Å². The first-order chi connectivity index (χ1) is 12.4. The van der Waals surface area contributed by atoms with Crippen LogP contribution < -0.4 is 14.8 Å². The number of rotatable bonds is 8. The van der Waals surface area contributed by atoms with Gasteiger partial charge in [0.05, 0.1) is 13.7 Å². The summed E-state index contributed by atoms with van der Waals surface area (Å²) in [5.41, 5.74) is 2.58. The molecule has 2 aromatic rings. The number of anilines is 1. The minimum Gasteiger partial charge on any atom is -0.493 e. The number of hydrogen-bond acceptors (Lipinski definition) is 4. The Kier molecular flexibility index (Phi) is 6.91. The van der Waals surface area contributed by atoms with Gasteiger partial charge in [-0.3, -0.25) is 9.69 Å². The molecule has 0 radical (unpaired) electrons. The molecule has 0 fully saturated rings. The molecule has 7 heteroatoms. The van der Waals surface area contributed by atoms with Crippen molar-refractivity contribution in [3.05, 3.63) is 53.6 Å². The van der Waals surface area contributed by atoms with Crippen LogP contribution in [-0.2, 0) is 11.3 Å². The zero-order valence-electron chi connectivity index (χ0n) is 15.0. The molecule has 0 aliphatic heterocycles. The number of hydrogen-bond donors (Lipinski definition) is 1. The quantitative estimate of drug-likeness (QED) is 0.776. The van der Waals surface area contributed by atoms with Gasteiger partial charge in [-0.15, -0.1) is 0 Å². The zero-order chi connectivity index (χ0) is 19.1. The van der Waals surface area contributed by atoms with Crippen molar-refractivity contribution < 1.29 is 23.0 Å². The number of halogens is 2. The largest absolute Gasteiger partial charge is 0.493 e. The lowest BCUT2D eigenvalue weighted by atomic mass is 10.2. The van der Waals surface area contributed by atoms with Crippen LogP contribution >= 0.6 is 0 Å². The Hall–Kier alpha value is -2.67. The van der Waals surface area contributed by atoms with Crippen molar-refractivity contribution in [2.75, 3.05) is 26.0 Å². The van der Waals surface area contributed by atoms with E-state index in [0.717, 1.165) is 16.8 Å². The van der Waals surface area contributed by atoms with Crippen LogP contribution in [-0.4, -0.2) is 38.1 Å². The molecule has 0 saturated carbocycles. The van der Waals surface area contributed by atoms with E-state index in [0.29, 0.717) is 6.54 Å². The van der Waals surface area contributed by atoms with Crippen molar-refractivity contribution in [1.29, 1.82) is 0 Å². The van der Waals surface area contributed by atoms with Gasteiger partial charge in [0.15, 0.2) is 11.5 Å². The number of alkyl halides is 2. The number of amides is 1. The molecule has 2 rings (SSSR count). The third-order valence-corrected chi connectivity index (χ3v) is 3.73. The molecule has 1 N–H and O–H groups in total. The molecule has 0 aliphatic rings. The highest BCUT2D eigenvalue weighted by molar-refractivity contribution is 5.92. The zero-order valence-corrected chi connectivity index (χ0v) is 15.0. The summed E-state index contributed by atoms with van der Waals surface area (Å²) in [7, 11) is 3.18. The summed E-state index contributed by atoms with van der Waals surface area (Å²) in [5, 5.41) is 2.87. The van der Waals surface area contributed by atoms with E-state index in [9.17, 15) is 13.6 Å². The van der Waals surface area contributed by atoms with E-state index in [1.54, 1.807) is 19.2 Å². The van der Waals surface area contributed by atoms with Gasteiger partial charge in [-0.25, -0.2) is 0 Å². The van der Waals surface area contributed by atoms with Crippen LogP contribution in [0.15, 0.2) is 42.5 Å². The van der Waals surface area contributed by atoms with Crippen LogP contribution in [0.1, 0.15) is 11.1 Å². The molecule has 0 heterocycles. The topological polar surface area (TPSA) is 50.8 Å². The van der Waals surface area contributed by atoms with Gasteiger partial charge in [-0.05, 0) is 43.3 Å². The summed E-state index contributed by atoms with van der Waals surface area (Å²) >= 11 is 0. The molecule has 26 heavy (non-hydrogen) atoms. The molecule has 0 aliphatic carbocycles. The van der Waals surface area contributed by atoms with Crippen molar-refractivity contribution in [3.8, 4) is 11.5 Å². The van der Waals surface area contributed by atoms with E-state index in [1.807, 2.05) is 36.1 Å². The van der Waals surface area contributed by atoms with Crippen molar-refractivity contribution >= 4 is 11.6 Å². The Morgan fingerprint density at radius 1 is 1.19 bits per heavy atom. The fraction of sp³-hybridized carbons (Fsp3) is 0.316. The van der Waals surface area contributed by atoms with Crippen LogP contribution in [0.5, 0.6) is 11.5 Å². The molecule has 5 nitrogen and oxygen atoms in total. The minimum atomic E-state index is -2.91. The summed E-state index contributed by atoms with van der Waals surface area (Å²) < 4.78 is 34.2. The Morgan fingerprint density at radius 3 is 2.58 bits per heavy atom. The molecule has 0 atom stereocenters. The molecular weight excluding hydrogens is 342 g/mol. The van der Waals surface area contributed by atoms with Crippen LogP contribution in [0, 0.1) is 6.92 Å². The molecule has 0 spiro atoms. The van der Waals surface area contributed by atoms with Gasteiger partial charge >= 0.3 is 6.61 Å². The molecule has 0 aromatic heterocycles. The van der Waals surface area contributed by atoms with E-state index in [4.69, 9.17) is 4.74 Å². The van der Waals surface area contributed by atoms with Crippen molar-refractivity contribution in [2.24, 2.45) is 0 Å². The monoisotopic (exact) mass is 364 g/mol. The average Bonchev–Trinajstić information content (AvgIpc) is 2.57. The molecule has 0 saturated heterocycles. The van der Waals surface area contributed by atoms with Crippen LogP contribution in [0.2, 0.25) is 0 Å². The van der Waals surface area contributed by atoms with Gasteiger partial charge < -0.3 is 14.8 Å². The lowest BCUT2D eigenvalue weighted by Crippen LogP contribution is -2.30. The first-order valence-corrected chi connectivity index (χ1v) is 8.04. The minimum absolute atomic E-state index is 0.0220. The highest BCUT2D eigenvalue weighted by Crippen LogP contribution is 2.29. The normalized spacial score (nSPS) is 10.9. The lowest BCUT2D eigenvalue weighted by Gasteiger charge is -2.18. The number of carbonyl (C=O) groups is 1. The second kappa shape index (κ2) is 9.15. The van der Waals surface area contributed by atoms with Crippen LogP contribution in [0.4, 0.5) is 14.5 Å². The third-order valence-electron chi connectivity index (χ3n) is 3.73. The van der Waals surface area contributed by atoms with Crippen molar-refractivity contribution in [3.63, 3.8) is 0 Å². The molecule has 1 amide bonds. The number of nitrogens with one attached hydrogen (secondary N) is 1. The van der Waals surface area contributed by atoms with Gasteiger partial charge in [0.25, 0.3) is 0 Å². The number of carbonyl (C=O) groups excluding carboxylic acids is 1. The number of benzene rings is 2. The Bertz CT molecular complexity index is 753. The average molecular weight is 364 g/mol. The maximum absolute atomic E-state index is 12.4. The Balaban J connectivity index is 1.95. The van der Waals surface area contributed by atoms with Crippen LogP contribution in [0.3, 0.4) is 0 Å². The number of methoxy groups -OCH3 is 1. The predicted octanol–water partition coefficient (Wildman–Crippen LogP) is 3.68. The van der Waals surface area contributed by atoms with Gasteiger partial charge in [0, 0.05) is 12.2 Å². The molecule has 0 unspecified atom stereocenters. The summed E-state index contributed by atoms with van der Waals surface area (Å²) in [6.45, 7) is -0.352. The van der Waals surface area contributed by atoms with Gasteiger partial charge in [-0.2, -0.15) is 8.78 Å². The van der Waals surface area contributed by atoms with Crippen molar-refractivity contribution in [2.45, 2.75) is 20.1 Å². The van der Waals surface area contributed by atoms with Gasteiger partial charge in [0.2, 0.25) is 5.91 Å². The summed E-state index contributed by atoms with van der Waals surface area (Å²) in [5.74, 6) is 0.0678. The molecule has 0 bridgehead atoms. The number of likely N-dealkylation sites (N-methyl/N-ethyl adjacent to an activating group) is 1. The van der Waals surface area contributed by atoms with E-state index in [1.165, 1.54) is 13.2 Å². The molecule has 2 aromatic carbocycles. The Morgan fingerprint density at radius 2 is 1.92 bits per heavy atom. The lowest BCUT2D eigenvalue weighted by molar-refractivity contribution is -0.117. The molecule has 140 valence electrons. The summed E-state index contributed by atoms with van der Waals surface area (Å²) in [6.07, 6.45) is 0. The fourth-order valence-corrected chi connectivity index (χ4v) is 2.52. The fourth-order valence-electron chi connectivity index (χ4n) is 2.52. The van der Waals surface area contributed by atoms with E-state index < -0.39 is 6.61 Å². The van der Waals surface area contributed by atoms with E-state index in [2.05, 4.69) is 10.1 Å². The number of nitrogens with zero attached hydrogens (tertiary/aromatic N) is 1. The second-order valence-corrected chi connectivity index (χ2v) is 5.90. The summed E-state index contributed by atoms with van der Waals surface area (Å²) in [6, 6.07) is 12.3. The van der Waals surface area contributed by atoms with E-state index in [-0.39, 0.29) is 24.0 Å². The smallest absolute Gasteiger partial charge is 0.387 e. The summed E-state index contributed by atoms with van der Waals surface area (Å²) in [4.78, 5) is 14.0. The van der Waals surface area contributed by atoms with Crippen LogP contribution in [0.25, 0.3) is 0 Å². The highest BCUT2D eigenvalue weighted by atomic mass is 19.3. The number of ether oxygens (including phenoxy) is 2. The molecular formula is C19H22F2N2O3. The highest BCUT2D eigenvalue weighted by Gasteiger charge is 2.13. The maximum atomic E-state index is 12.4. The SMILES string of the molecule is COc1cc(CN(C)CC(=O)Nc2ccccc2C)ccc1OC(F)F.